The zero-order valence-corrected chi connectivity index (χ0v) is 20.1. The minimum absolute atomic E-state index is 0.0522. The van der Waals surface area contributed by atoms with Crippen LogP contribution in [0, 0.1) is 11.3 Å². The molecule has 1 aromatic heterocycles. The number of nitriles is 1. The van der Waals surface area contributed by atoms with Crippen molar-refractivity contribution in [3.63, 3.8) is 0 Å². The maximum absolute atomic E-state index is 12.4. The number of ether oxygens (including phenoxy) is 1. The molecule has 0 spiro atoms. The van der Waals surface area contributed by atoms with Crippen LogP contribution in [0.4, 0.5) is 0 Å². The third kappa shape index (κ3) is 7.57. The summed E-state index contributed by atoms with van der Waals surface area (Å²) in [5.41, 5.74) is 2.17. The fourth-order valence-corrected chi connectivity index (χ4v) is 3.79. The number of carbonyl (C=O) groups is 1. The van der Waals surface area contributed by atoms with Crippen molar-refractivity contribution in [1.29, 1.82) is 5.26 Å². The molecular weight excluding hydrogens is 488 g/mol. The van der Waals surface area contributed by atoms with Gasteiger partial charge in [0.15, 0.2) is 5.75 Å². The number of rotatable bonds is 10. The van der Waals surface area contributed by atoms with E-state index in [1.165, 1.54) is 0 Å². The van der Waals surface area contributed by atoms with E-state index in [2.05, 4.69) is 16.4 Å². The molecule has 0 saturated carbocycles. The van der Waals surface area contributed by atoms with Gasteiger partial charge < -0.3 is 20.1 Å². The molecule has 0 fully saturated rings. The van der Waals surface area contributed by atoms with E-state index >= 15 is 0 Å². The zero-order chi connectivity index (χ0) is 25.2. The molecule has 2 aromatic carbocycles. The van der Waals surface area contributed by atoms with Gasteiger partial charge in [0.1, 0.15) is 6.07 Å². The predicted octanol–water partition coefficient (Wildman–Crippen LogP) is 3.96. The van der Waals surface area contributed by atoms with E-state index < -0.39 is 19.0 Å². The Morgan fingerprint density at radius 3 is 2.54 bits per heavy atom. The molecule has 1 amide bonds. The third-order valence-corrected chi connectivity index (χ3v) is 5.71. The summed E-state index contributed by atoms with van der Waals surface area (Å²) < 4.78 is 5.68. The van der Waals surface area contributed by atoms with Crippen molar-refractivity contribution in [3.8, 4) is 11.8 Å². The van der Waals surface area contributed by atoms with Gasteiger partial charge in [0.05, 0.1) is 40.3 Å². The Morgan fingerprint density at radius 1 is 1.14 bits per heavy atom. The van der Waals surface area contributed by atoms with Gasteiger partial charge in [0.25, 0.3) is 0 Å². The molecule has 0 bridgehead atoms. The third-order valence-electron chi connectivity index (χ3n) is 5.02. The number of allylic oxidation sites excluding steroid dienone is 1. The van der Waals surface area contributed by atoms with Crippen LogP contribution >= 0.6 is 23.2 Å². The lowest BCUT2D eigenvalue weighted by atomic mass is 9.76. The highest BCUT2D eigenvalue weighted by Crippen LogP contribution is 2.37. The fourth-order valence-electron chi connectivity index (χ4n) is 3.26. The van der Waals surface area contributed by atoms with Gasteiger partial charge in [0, 0.05) is 6.20 Å². The van der Waals surface area contributed by atoms with Gasteiger partial charge in [-0.15, -0.1) is 0 Å². The van der Waals surface area contributed by atoms with Crippen LogP contribution in [0.5, 0.6) is 5.75 Å². The van der Waals surface area contributed by atoms with Gasteiger partial charge in [-0.3, -0.25) is 9.78 Å². The fraction of sp³-hybridized carbons (Fsp3) is 0.160. The highest BCUT2D eigenvalue weighted by Gasteiger charge is 2.25. The molecule has 0 unspecified atom stereocenters. The number of hydrogen-bond donors (Lipinski definition) is 3. The molecule has 0 saturated heterocycles. The van der Waals surface area contributed by atoms with Crippen LogP contribution in [-0.4, -0.2) is 40.6 Å². The van der Waals surface area contributed by atoms with Crippen molar-refractivity contribution < 1.29 is 19.6 Å². The van der Waals surface area contributed by atoms with Gasteiger partial charge in [-0.25, -0.2) is 0 Å². The number of aromatic nitrogens is 1. The Labute approximate surface area is 213 Å². The summed E-state index contributed by atoms with van der Waals surface area (Å²) in [5, 5.41) is 31.9. The summed E-state index contributed by atoms with van der Waals surface area (Å²) in [4.78, 5) is 16.6. The van der Waals surface area contributed by atoms with Gasteiger partial charge in [-0.2, -0.15) is 5.26 Å². The van der Waals surface area contributed by atoms with E-state index in [1.807, 2.05) is 30.3 Å². The summed E-state index contributed by atoms with van der Waals surface area (Å²) in [6.07, 6.45) is 3.36. The quantitative estimate of drug-likeness (QED) is 0.281. The highest BCUT2D eigenvalue weighted by atomic mass is 35.5. The topological polar surface area (TPSA) is 115 Å². The predicted molar refractivity (Wildman–Crippen MR) is 137 cm³/mol. The van der Waals surface area contributed by atoms with Crippen LogP contribution in [-0.2, 0) is 11.2 Å². The second kappa shape index (κ2) is 12.9. The molecule has 178 valence electrons. The first-order chi connectivity index (χ1) is 16.9. The van der Waals surface area contributed by atoms with Crippen molar-refractivity contribution in [2.24, 2.45) is 0 Å². The van der Waals surface area contributed by atoms with Crippen LogP contribution < -0.4 is 10.1 Å². The number of benzene rings is 2. The van der Waals surface area contributed by atoms with Gasteiger partial charge in [-0.05, 0) is 41.8 Å². The average molecular weight is 510 g/mol. The van der Waals surface area contributed by atoms with E-state index in [1.54, 1.807) is 42.6 Å². The van der Waals surface area contributed by atoms with E-state index in [0.717, 1.165) is 5.56 Å². The number of carbonyl (C=O) groups excluding carboxylic acids is 1. The van der Waals surface area contributed by atoms with E-state index in [0.29, 0.717) is 16.8 Å². The molecule has 0 aliphatic rings. The first-order valence-electron chi connectivity index (χ1n) is 10.7. The monoisotopic (exact) mass is 509 g/mol. The number of nitrogens with one attached hydrogen (secondary N) is 1. The second-order valence-corrected chi connectivity index (χ2v) is 8.33. The van der Waals surface area contributed by atoms with Crippen LogP contribution in [0.25, 0.3) is 11.6 Å². The molecule has 0 aliphatic carbocycles. The molecular formula is C25H22BCl2N3O4. The van der Waals surface area contributed by atoms with Gasteiger partial charge >= 0.3 is 7.12 Å². The van der Waals surface area contributed by atoms with Gasteiger partial charge in [0.2, 0.25) is 5.91 Å². The normalized spacial score (nSPS) is 11.9. The lowest BCUT2D eigenvalue weighted by Crippen LogP contribution is -2.48. The Morgan fingerprint density at radius 2 is 1.89 bits per heavy atom. The number of halogens is 2. The minimum Gasteiger partial charge on any atom is -0.490 e. The van der Waals surface area contributed by atoms with E-state index in [-0.39, 0.29) is 35.2 Å². The number of nitrogens with zero attached hydrogens (tertiary/aromatic N) is 2. The highest BCUT2D eigenvalue weighted by molar-refractivity contribution is 6.43. The Kier molecular flexibility index (Phi) is 9.71. The lowest BCUT2D eigenvalue weighted by Gasteiger charge is -2.18. The Bertz CT molecular complexity index is 1220. The molecule has 7 nitrogen and oxygen atoms in total. The number of hydrogen-bond acceptors (Lipinski definition) is 6. The Balaban J connectivity index is 1.65. The minimum atomic E-state index is -1.72. The molecule has 35 heavy (non-hydrogen) atoms. The molecule has 1 atom stereocenters. The molecule has 3 N–H and O–H groups in total. The van der Waals surface area contributed by atoms with E-state index in [4.69, 9.17) is 27.9 Å². The van der Waals surface area contributed by atoms with Crippen molar-refractivity contribution in [2.45, 2.75) is 18.8 Å². The lowest BCUT2D eigenvalue weighted by molar-refractivity contribution is -0.122. The summed E-state index contributed by atoms with van der Waals surface area (Å²) in [6, 6.07) is 19.8. The van der Waals surface area contributed by atoms with E-state index in [9.17, 15) is 20.1 Å². The van der Waals surface area contributed by atoms with Crippen molar-refractivity contribution in [3.05, 3.63) is 93.7 Å². The van der Waals surface area contributed by atoms with Crippen LogP contribution in [0.2, 0.25) is 10.0 Å². The summed E-state index contributed by atoms with van der Waals surface area (Å²) in [6.45, 7) is -0.0522. The van der Waals surface area contributed by atoms with Crippen LogP contribution in [0.15, 0.2) is 66.9 Å². The first-order valence-corrected chi connectivity index (χ1v) is 11.5. The van der Waals surface area contributed by atoms with Crippen molar-refractivity contribution >= 4 is 47.9 Å². The largest absolute Gasteiger partial charge is 0.490 e. The maximum Gasteiger partial charge on any atom is 0.475 e. The smallest absolute Gasteiger partial charge is 0.475 e. The van der Waals surface area contributed by atoms with Gasteiger partial charge in [-0.1, -0.05) is 65.7 Å². The SMILES string of the molecule is N#CC(=Cc1ccc(Cl)c(OCCC(=O)N[C@@H](Cc2ccccc2)B(O)O)c1Cl)c1ccccn1. The number of amides is 1. The summed E-state index contributed by atoms with van der Waals surface area (Å²) >= 11 is 12.7. The summed E-state index contributed by atoms with van der Waals surface area (Å²) in [5.74, 6) is -1.12. The van der Waals surface area contributed by atoms with Crippen LogP contribution in [0.3, 0.4) is 0 Å². The molecule has 10 heteroatoms. The molecule has 0 aliphatic heterocycles. The Hall–Kier alpha value is -3.35. The number of pyridine rings is 1. The first kappa shape index (κ1) is 26.3. The standard InChI is InChI=1S/C25H22BCl2N3O4/c27-20-10-9-18(15-19(16-29)21-8-4-5-12-30-21)24(28)25(20)35-13-11-23(32)31-22(26(33)34)14-17-6-2-1-3-7-17/h1-10,12,15,22,33-34H,11,13-14H2,(H,31,32)/t22-/m0/s1. The summed E-state index contributed by atoms with van der Waals surface area (Å²) in [7, 11) is -1.72. The van der Waals surface area contributed by atoms with Crippen molar-refractivity contribution in [2.75, 3.05) is 6.61 Å². The van der Waals surface area contributed by atoms with Crippen molar-refractivity contribution in [1.82, 2.24) is 10.3 Å². The molecule has 1 heterocycles. The second-order valence-electron chi connectivity index (χ2n) is 7.54. The molecule has 3 rings (SSSR count). The zero-order valence-electron chi connectivity index (χ0n) is 18.6. The average Bonchev–Trinajstić information content (AvgIpc) is 2.86. The molecule has 0 radical (unpaired) electrons. The van der Waals surface area contributed by atoms with Crippen LogP contribution in [0.1, 0.15) is 23.2 Å². The molecule has 3 aromatic rings. The maximum atomic E-state index is 12.4.